The molecule has 0 aromatic heterocycles. The molecular weight excluding hydrogens is 338 g/mol. The molecule has 7 heteroatoms. The molecule has 0 aliphatic carbocycles. The van der Waals surface area contributed by atoms with E-state index in [1.807, 2.05) is 30.5 Å². The molecule has 2 N–H and O–H groups in total. The lowest BCUT2D eigenvalue weighted by Gasteiger charge is -2.15. The summed E-state index contributed by atoms with van der Waals surface area (Å²) in [6, 6.07) is 14.1. The number of anilines is 1. The Hall–Kier alpha value is -2.80. The molecule has 128 valence electrons. The minimum atomic E-state index is -0.437. The Morgan fingerprint density at radius 2 is 2.00 bits per heavy atom. The minimum Gasteiger partial charge on any atom is -0.329 e. The van der Waals surface area contributed by atoms with Gasteiger partial charge in [0.1, 0.15) is 0 Å². The largest absolute Gasteiger partial charge is 0.329 e. The van der Waals surface area contributed by atoms with Crippen molar-refractivity contribution in [2.75, 3.05) is 18.1 Å². The van der Waals surface area contributed by atoms with Crippen LogP contribution in [0.25, 0.3) is 0 Å². The maximum absolute atomic E-state index is 12.6. The van der Waals surface area contributed by atoms with Gasteiger partial charge in [0.25, 0.3) is 5.91 Å². The van der Waals surface area contributed by atoms with Crippen LogP contribution in [0.5, 0.6) is 0 Å². The fourth-order valence-electron chi connectivity index (χ4n) is 2.56. The van der Waals surface area contributed by atoms with Crippen LogP contribution in [0.4, 0.5) is 10.5 Å². The lowest BCUT2D eigenvalue weighted by Crippen LogP contribution is -2.31. The number of nitrogens with one attached hydrogen (secondary N) is 2. The Bertz CT molecular complexity index is 822. The highest BCUT2D eigenvalue weighted by atomic mass is 32.2. The molecule has 0 saturated carbocycles. The smallest absolute Gasteiger partial charge is 0.324 e. The van der Waals surface area contributed by atoms with Gasteiger partial charge in [0, 0.05) is 16.1 Å². The van der Waals surface area contributed by atoms with Crippen LogP contribution >= 0.6 is 11.8 Å². The number of nitrogens with zero attached hydrogens (tertiary/aromatic N) is 1. The first-order chi connectivity index (χ1) is 12.1. The summed E-state index contributed by atoms with van der Waals surface area (Å²) >= 11 is 1.59. The van der Waals surface area contributed by atoms with Crippen LogP contribution in [0.3, 0.4) is 0 Å². The predicted octanol–water partition coefficient (Wildman–Crippen LogP) is 2.71. The van der Waals surface area contributed by atoms with Gasteiger partial charge in [-0.1, -0.05) is 24.3 Å². The zero-order valence-corrected chi connectivity index (χ0v) is 14.4. The van der Waals surface area contributed by atoms with E-state index in [0.717, 1.165) is 9.80 Å². The number of hydrogen-bond acceptors (Lipinski definition) is 4. The maximum Gasteiger partial charge on any atom is 0.324 e. The van der Waals surface area contributed by atoms with Gasteiger partial charge in [0.2, 0.25) is 5.91 Å². The number of thioether (sulfide) groups is 1. The quantitative estimate of drug-likeness (QED) is 0.638. The number of urea groups is 1. The Kier molecular flexibility index (Phi) is 5.04. The van der Waals surface area contributed by atoms with Gasteiger partial charge in [-0.05, 0) is 36.1 Å². The van der Waals surface area contributed by atoms with Crippen molar-refractivity contribution in [3.8, 4) is 0 Å². The van der Waals surface area contributed by atoms with Gasteiger partial charge in [0.15, 0.2) is 0 Å². The fraction of sp³-hybridized carbons (Fsp3) is 0.167. The summed E-state index contributed by atoms with van der Waals surface area (Å²) in [7, 11) is 0. The second-order valence-corrected chi connectivity index (χ2v) is 6.36. The number of benzene rings is 2. The summed E-state index contributed by atoms with van der Waals surface area (Å²) in [5.74, 6) is -0.575. The molecule has 0 bridgehead atoms. The van der Waals surface area contributed by atoms with Crippen molar-refractivity contribution in [2.45, 2.75) is 11.4 Å². The zero-order valence-electron chi connectivity index (χ0n) is 13.6. The normalized spacial score (nSPS) is 13.7. The highest BCUT2D eigenvalue weighted by Crippen LogP contribution is 2.21. The predicted molar refractivity (Wildman–Crippen MR) is 96.6 cm³/mol. The second kappa shape index (κ2) is 7.40. The Morgan fingerprint density at radius 3 is 2.72 bits per heavy atom. The number of rotatable bonds is 5. The molecule has 2 aromatic rings. The molecule has 0 spiro atoms. The summed E-state index contributed by atoms with van der Waals surface area (Å²) < 4.78 is 0. The number of imide groups is 1. The Labute approximate surface area is 149 Å². The molecule has 2 aromatic carbocycles. The van der Waals surface area contributed by atoms with Gasteiger partial charge < -0.3 is 10.6 Å². The van der Waals surface area contributed by atoms with Crippen molar-refractivity contribution in [1.82, 2.24) is 10.2 Å². The second-order valence-electron chi connectivity index (χ2n) is 5.48. The van der Waals surface area contributed by atoms with E-state index in [1.165, 1.54) is 0 Å². The van der Waals surface area contributed by atoms with Crippen LogP contribution < -0.4 is 10.6 Å². The Morgan fingerprint density at radius 1 is 1.20 bits per heavy atom. The average molecular weight is 355 g/mol. The minimum absolute atomic E-state index is 0.00528. The molecule has 1 aliphatic heterocycles. The summed E-state index contributed by atoms with van der Waals surface area (Å²) in [5, 5.41) is 5.34. The molecule has 0 unspecified atom stereocenters. The number of hydrogen-bond donors (Lipinski definition) is 2. The number of carbonyl (C=O) groups is 3. The van der Waals surface area contributed by atoms with Crippen LogP contribution in [-0.2, 0) is 11.3 Å². The first-order valence-electron chi connectivity index (χ1n) is 7.70. The third kappa shape index (κ3) is 3.83. The first kappa shape index (κ1) is 17.0. The summed E-state index contributed by atoms with van der Waals surface area (Å²) in [5.41, 5.74) is 1.75. The molecule has 1 saturated heterocycles. The summed E-state index contributed by atoms with van der Waals surface area (Å²) in [6.45, 7) is 0.0633. The topological polar surface area (TPSA) is 78.5 Å². The lowest BCUT2D eigenvalue weighted by molar-refractivity contribution is -0.125. The van der Waals surface area contributed by atoms with Crippen molar-refractivity contribution in [2.24, 2.45) is 0 Å². The standard InChI is InChI=1S/C18H17N3O3S/c1-25-14-7-4-6-13(9-14)20-17(23)15-8-3-2-5-12(15)11-21-16(22)10-19-18(21)24/h2-9H,10-11H2,1H3,(H,19,24)(H,20,23). The van der Waals surface area contributed by atoms with Gasteiger partial charge in [-0.25, -0.2) is 4.79 Å². The van der Waals surface area contributed by atoms with Crippen molar-refractivity contribution < 1.29 is 14.4 Å². The molecular formula is C18H17N3O3S. The average Bonchev–Trinajstić information content (AvgIpc) is 2.94. The van der Waals surface area contributed by atoms with Crippen LogP contribution in [0, 0.1) is 0 Å². The molecule has 1 aliphatic rings. The van der Waals surface area contributed by atoms with E-state index < -0.39 is 6.03 Å². The molecule has 0 atom stereocenters. The van der Waals surface area contributed by atoms with Crippen LogP contribution in [0.1, 0.15) is 15.9 Å². The van der Waals surface area contributed by atoms with E-state index in [2.05, 4.69) is 10.6 Å². The molecule has 1 heterocycles. The van der Waals surface area contributed by atoms with E-state index in [9.17, 15) is 14.4 Å². The van der Waals surface area contributed by atoms with Crippen molar-refractivity contribution in [3.05, 3.63) is 59.7 Å². The SMILES string of the molecule is CSc1cccc(NC(=O)c2ccccc2CN2C(=O)CNC2=O)c1. The van der Waals surface area contributed by atoms with Crippen molar-refractivity contribution in [3.63, 3.8) is 0 Å². The van der Waals surface area contributed by atoms with E-state index in [-0.39, 0.29) is 24.9 Å². The van der Waals surface area contributed by atoms with Crippen molar-refractivity contribution >= 4 is 35.3 Å². The van der Waals surface area contributed by atoms with Crippen LogP contribution in [-0.4, -0.2) is 35.5 Å². The molecule has 25 heavy (non-hydrogen) atoms. The van der Waals surface area contributed by atoms with Gasteiger partial charge in [-0.2, -0.15) is 0 Å². The first-order valence-corrected chi connectivity index (χ1v) is 8.92. The summed E-state index contributed by atoms with van der Waals surface area (Å²) in [6.07, 6.45) is 1.97. The van der Waals surface area contributed by atoms with Gasteiger partial charge in [-0.15, -0.1) is 11.8 Å². The molecule has 0 radical (unpaired) electrons. The third-order valence-electron chi connectivity index (χ3n) is 3.86. The molecule has 1 fully saturated rings. The van der Waals surface area contributed by atoms with E-state index in [1.54, 1.807) is 36.0 Å². The Balaban J connectivity index is 1.81. The highest BCUT2D eigenvalue weighted by Gasteiger charge is 2.29. The van der Waals surface area contributed by atoms with Crippen LogP contribution in [0.15, 0.2) is 53.4 Å². The van der Waals surface area contributed by atoms with E-state index in [4.69, 9.17) is 0 Å². The van der Waals surface area contributed by atoms with E-state index in [0.29, 0.717) is 16.8 Å². The molecule has 3 rings (SSSR count). The highest BCUT2D eigenvalue weighted by molar-refractivity contribution is 7.98. The molecule has 4 amide bonds. The fourth-order valence-corrected chi connectivity index (χ4v) is 3.02. The monoisotopic (exact) mass is 355 g/mol. The third-order valence-corrected chi connectivity index (χ3v) is 4.58. The zero-order chi connectivity index (χ0) is 17.8. The van der Waals surface area contributed by atoms with Gasteiger partial charge >= 0.3 is 6.03 Å². The van der Waals surface area contributed by atoms with Gasteiger partial charge in [0.05, 0.1) is 13.1 Å². The van der Waals surface area contributed by atoms with Crippen LogP contribution in [0.2, 0.25) is 0 Å². The van der Waals surface area contributed by atoms with Crippen molar-refractivity contribution in [1.29, 1.82) is 0 Å². The molecule has 6 nitrogen and oxygen atoms in total. The van der Waals surface area contributed by atoms with E-state index >= 15 is 0 Å². The number of amides is 4. The lowest BCUT2D eigenvalue weighted by atomic mass is 10.1. The number of carbonyl (C=O) groups excluding carboxylic acids is 3. The van der Waals surface area contributed by atoms with Gasteiger partial charge in [-0.3, -0.25) is 14.5 Å². The maximum atomic E-state index is 12.6. The summed E-state index contributed by atoms with van der Waals surface area (Å²) in [4.78, 5) is 38.3.